The molecule has 0 aromatic rings. The number of carbonyl (C=O) groups is 1. The van der Waals surface area contributed by atoms with Crippen molar-refractivity contribution in [2.75, 3.05) is 0 Å². The second-order valence-electron chi connectivity index (χ2n) is 4.25. The fourth-order valence-electron chi connectivity index (χ4n) is 1.24. The average Bonchev–Trinajstić information content (AvgIpc) is 2.55. The van der Waals surface area contributed by atoms with Gasteiger partial charge in [-0.3, -0.25) is 0 Å². The first-order chi connectivity index (χ1) is 10.9. The summed E-state index contributed by atoms with van der Waals surface area (Å²) in [7, 11) is 0. The first-order valence-electron chi connectivity index (χ1n) is 8.11. The number of ether oxygens (including phenoxy) is 1. The molecule has 0 aliphatic carbocycles. The van der Waals surface area contributed by atoms with Crippen molar-refractivity contribution in [3.63, 3.8) is 0 Å². The van der Waals surface area contributed by atoms with Crippen molar-refractivity contribution in [3.8, 4) is 0 Å². The Morgan fingerprint density at radius 2 is 1.48 bits per heavy atom. The Kier molecular flexibility index (Phi) is 20.2. The third kappa shape index (κ3) is 14.6. The van der Waals surface area contributed by atoms with E-state index in [2.05, 4.69) is 13.2 Å². The first kappa shape index (κ1) is 25.8. The van der Waals surface area contributed by atoms with Crippen LogP contribution in [0.2, 0.25) is 0 Å². The summed E-state index contributed by atoms with van der Waals surface area (Å²) >= 11 is 0. The second-order valence-corrected chi connectivity index (χ2v) is 4.25. The number of esters is 1. The highest BCUT2D eigenvalue weighted by molar-refractivity contribution is 5.92. The van der Waals surface area contributed by atoms with Crippen LogP contribution >= 0.6 is 0 Å². The van der Waals surface area contributed by atoms with Gasteiger partial charge in [0.2, 0.25) is 0 Å². The zero-order chi connectivity index (χ0) is 18.8. The smallest absolute Gasteiger partial charge is 0.343 e. The molecule has 0 fully saturated rings. The summed E-state index contributed by atoms with van der Waals surface area (Å²) in [5.74, 6) is 0.0818. The Labute approximate surface area is 143 Å². The third-order valence-corrected chi connectivity index (χ3v) is 2.18. The highest BCUT2D eigenvalue weighted by atomic mass is 16.5. The van der Waals surface area contributed by atoms with E-state index in [4.69, 9.17) is 4.74 Å². The molecule has 0 bridgehead atoms. The molecule has 2 heteroatoms. The Hall–Kier alpha value is -2.09. The molecule has 0 N–H and O–H groups in total. The maximum Gasteiger partial charge on any atom is 0.343 e. The number of hydrogen-bond donors (Lipinski definition) is 0. The maximum absolute atomic E-state index is 12.0. The average molecular weight is 319 g/mol. The minimum atomic E-state index is -0.394. The molecular weight excluding hydrogens is 284 g/mol. The van der Waals surface area contributed by atoms with Crippen LogP contribution in [0.15, 0.2) is 72.1 Å². The SMILES string of the molecule is C=C/C=C(\C=C(C)C)OC(=O)C(/C=C(/C)C=C)=C/C.CC.CC. The van der Waals surface area contributed by atoms with Gasteiger partial charge in [0.05, 0.1) is 5.57 Å². The van der Waals surface area contributed by atoms with Gasteiger partial charge in [0.1, 0.15) is 5.76 Å². The van der Waals surface area contributed by atoms with Crippen molar-refractivity contribution < 1.29 is 9.53 Å². The van der Waals surface area contributed by atoms with Crippen molar-refractivity contribution in [2.45, 2.75) is 55.4 Å². The van der Waals surface area contributed by atoms with Crippen LogP contribution in [0.4, 0.5) is 0 Å². The molecule has 0 aromatic heterocycles. The summed E-state index contributed by atoms with van der Waals surface area (Å²) in [6.07, 6.45) is 10.2. The molecule has 130 valence electrons. The Morgan fingerprint density at radius 1 is 0.957 bits per heavy atom. The molecule has 0 saturated carbocycles. The van der Waals surface area contributed by atoms with Gasteiger partial charge in [-0.05, 0) is 45.9 Å². The van der Waals surface area contributed by atoms with Gasteiger partial charge in [0.25, 0.3) is 0 Å². The largest absolute Gasteiger partial charge is 0.423 e. The molecule has 0 aromatic carbocycles. The molecule has 0 atom stereocenters. The van der Waals surface area contributed by atoms with E-state index in [1.165, 1.54) is 0 Å². The molecule has 0 unspecified atom stereocenters. The second kappa shape index (κ2) is 18.0. The fraction of sp³-hybridized carbons (Fsp3) is 0.381. The number of carbonyl (C=O) groups excluding carboxylic acids is 1. The lowest BCUT2D eigenvalue weighted by molar-refractivity contribution is -0.134. The van der Waals surface area contributed by atoms with Crippen molar-refractivity contribution >= 4 is 5.97 Å². The summed E-state index contributed by atoms with van der Waals surface area (Å²) in [6, 6.07) is 0. The molecule has 0 aliphatic rings. The number of hydrogen-bond acceptors (Lipinski definition) is 2. The van der Waals surface area contributed by atoms with E-state index in [1.807, 2.05) is 48.5 Å². The van der Waals surface area contributed by atoms with Gasteiger partial charge in [0.15, 0.2) is 0 Å². The van der Waals surface area contributed by atoms with E-state index >= 15 is 0 Å². The molecule has 0 amide bonds. The van der Waals surface area contributed by atoms with Gasteiger partial charge in [-0.25, -0.2) is 4.79 Å². The Balaban J connectivity index is -0.000000919. The molecule has 0 aliphatic heterocycles. The number of allylic oxidation sites excluding steroid dienone is 7. The monoisotopic (exact) mass is 318 g/mol. The van der Waals surface area contributed by atoms with Crippen LogP contribution in [-0.4, -0.2) is 5.97 Å². The van der Waals surface area contributed by atoms with E-state index in [1.54, 1.807) is 43.4 Å². The standard InChI is InChI=1S/C17H22O2.2C2H6/c1-7-10-16(11-13(4)5)19-17(18)15(9-3)12-14(6)8-2;2*1-2/h7-12H,1-2H2,3-6H3;2*1-2H3/b14-12-,15-9+,16-10+;;. The highest BCUT2D eigenvalue weighted by Crippen LogP contribution is 2.11. The lowest BCUT2D eigenvalue weighted by Gasteiger charge is -2.06. The van der Waals surface area contributed by atoms with E-state index in [0.717, 1.165) is 11.1 Å². The van der Waals surface area contributed by atoms with E-state index in [-0.39, 0.29) is 0 Å². The molecule has 2 nitrogen and oxygen atoms in total. The summed E-state index contributed by atoms with van der Waals surface area (Å²) in [4.78, 5) is 12.0. The lowest BCUT2D eigenvalue weighted by Crippen LogP contribution is -2.06. The Bertz CT molecular complexity index is 468. The molecule has 0 heterocycles. The van der Waals surface area contributed by atoms with E-state index in [0.29, 0.717) is 11.3 Å². The van der Waals surface area contributed by atoms with Crippen molar-refractivity contribution in [3.05, 3.63) is 72.1 Å². The Morgan fingerprint density at radius 3 is 1.83 bits per heavy atom. The first-order valence-corrected chi connectivity index (χ1v) is 8.11. The molecular formula is C21H34O2. The van der Waals surface area contributed by atoms with Gasteiger partial charge in [-0.15, -0.1) is 0 Å². The summed E-state index contributed by atoms with van der Waals surface area (Å²) in [5.41, 5.74) is 2.44. The van der Waals surface area contributed by atoms with Crippen LogP contribution in [0.1, 0.15) is 55.4 Å². The van der Waals surface area contributed by atoms with E-state index < -0.39 is 5.97 Å². The maximum atomic E-state index is 12.0. The molecule has 0 rings (SSSR count). The number of rotatable bonds is 6. The zero-order valence-electron chi connectivity index (χ0n) is 16.2. The molecule has 23 heavy (non-hydrogen) atoms. The van der Waals surface area contributed by atoms with Crippen molar-refractivity contribution in [1.82, 2.24) is 0 Å². The van der Waals surface area contributed by atoms with Gasteiger partial charge < -0.3 is 4.74 Å². The van der Waals surface area contributed by atoms with Crippen LogP contribution < -0.4 is 0 Å². The van der Waals surface area contributed by atoms with E-state index in [9.17, 15) is 4.79 Å². The minimum Gasteiger partial charge on any atom is -0.423 e. The zero-order valence-corrected chi connectivity index (χ0v) is 16.2. The summed E-state index contributed by atoms with van der Waals surface area (Å²) in [5, 5.41) is 0. The molecule has 0 spiro atoms. The van der Waals surface area contributed by atoms with Gasteiger partial charge in [-0.1, -0.05) is 70.2 Å². The van der Waals surface area contributed by atoms with Crippen LogP contribution in [0.25, 0.3) is 0 Å². The molecule has 0 radical (unpaired) electrons. The quantitative estimate of drug-likeness (QED) is 0.236. The lowest BCUT2D eigenvalue weighted by atomic mass is 10.1. The summed E-state index contributed by atoms with van der Waals surface area (Å²) in [6.45, 7) is 22.8. The predicted molar refractivity (Wildman–Crippen MR) is 104 cm³/mol. The van der Waals surface area contributed by atoms with Crippen molar-refractivity contribution in [1.29, 1.82) is 0 Å². The van der Waals surface area contributed by atoms with Crippen LogP contribution in [-0.2, 0) is 9.53 Å². The van der Waals surface area contributed by atoms with Crippen LogP contribution in [0, 0.1) is 0 Å². The van der Waals surface area contributed by atoms with Gasteiger partial charge in [0, 0.05) is 0 Å². The summed E-state index contributed by atoms with van der Waals surface area (Å²) < 4.78 is 5.33. The predicted octanol–water partition coefficient (Wildman–Crippen LogP) is 6.70. The normalized spacial score (nSPS) is 11.0. The van der Waals surface area contributed by atoms with Gasteiger partial charge in [-0.2, -0.15) is 0 Å². The minimum absolute atomic E-state index is 0.394. The van der Waals surface area contributed by atoms with Gasteiger partial charge >= 0.3 is 5.97 Å². The molecule has 0 saturated heterocycles. The van der Waals surface area contributed by atoms with Crippen LogP contribution in [0.3, 0.4) is 0 Å². The highest BCUT2D eigenvalue weighted by Gasteiger charge is 2.09. The van der Waals surface area contributed by atoms with Crippen LogP contribution in [0.5, 0.6) is 0 Å². The third-order valence-electron chi connectivity index (χ3n) is 2.18. The topological polar surface area (TPSA) is 26.3 Å². The fourth-order valence-corrected chi connectivity index (χ4v) is 1.24. The van der Waals surface area contributed by atoms with Crippen molar-refractivity contribution in [2.24, 2.45) is 0 Å².